The standard InChI is InChI=1S/C22H26O8/c1-13-11-16-19(14(2)20(25)29-16)17(12-21(4)8-9-22(13,26)30-21)28-18(24)7-5-6-10-27-15(3)23/h5-6,8-9,11,16-17,19,26H,2,7,10,12H2,1,3-4H3. The van der Waals surface area contributed by atoms with E-state index in [2.05, 4.69) is 6.58 Å². The number of ether oxygens (including phenoxy) is 4. The van der Waals surface area contributed by atoms with Crippen LogP contribution in [-0.4, -0.2) is 53.2 Å². The average Bonchev–Trinajstić information content (AvgIpc) is 3.11. The van der Waals surface area contributed by atoms with Crippen LogP contribution in [0.3, 0.4) is 0 Å². The Hall–Kier alpha value is -2.71. The first-order valence-electron chi connectivity index (χ1n) is 9.72. The molecule has 3 rings (SSSR count). The summed E-state index contributed by atoms with van der Waals surface area (Å²) in [5.41, 5.74) is -0.231. The van der Waals surface area contributed by atoms with E-state index in [9.17, 15) is 19.5 Å². The first-order valence-corrected chi connectivity index (χ1v) is 9.72. The smallest absolute Gasteiger partial charge is 0.334 e. The summed E-state index contributed by atoms with van der Waals surface area (Å²) in [4.78, 5) is 35.4. The average molecular weight is 418 g/mol. The second kappa shape index (κ2) is 8.20. The highest BCUT2D eigenvalue weighted by Gasteiger charge is 2.51. The second-order valence-corrected chi connectivity index (χ2v) is 7.93. The van der Waals surface area contributed by atoms with Gasteiger partial charge in [0.25, 0.3) is 0 Å². The fraction of sp³-hybridized carbons (Fsp3) is 0.500. The number of carbonyl (C=O) groups excluding carboxylic acids is 3. The number of hydrogen-bond acceptors (Lipinski definition) is 8. The molecule has 0 amide bonds. The molecule has 30 heavy (non-hydrogen) atoms. The third-order valence-corrected chi connectivity index (χ3v) is 5.42. The Kier molecular flexibility index (Phi) is 6.01. The minimum atomic E-state index is -1.62. The van der Waals surface area contributed by atoms with Crippen molar-refractivity contribution in [3.8, 4) is 0 Å². The van der Waals surface area contributed by atoms with Crippen LogP contribution < -0.4 is 0 Å². The van der Waals surface area contributed by atoms with Gasteiger partial charge in [-0.3, -0.25) is 9.59 Å². The molecule has 0 saturated carbocycles. The monoisotopic (exact) mass is 418 g/mol. The SMILES string of the molecule is C=C1C(=O)OC2C=C(C)C3(O)C=CC(C)(CC(OC(=O)CC=CCOC(C)=O)C12)O3. The molecule has 5 unspecified atom stereocenters. The van der Waals surface area contributed by atoms with Crippen LogP contribution in [0.15, 0.2) is 48.1 Å². The maximum atomic E-state index is 12.4. The summed E-state index contributed by atoms with van der Waals surface area (Å²) in [6.45, 7) is 8.65. The molecule has 1 N–H and O–H groups in total. The molecule has 0 aliphatic carbocycles. The number of rotatable bonds is 5. The van der Waals surface area contributed by atoms with Crippen molar-refractivity contribution >= 4 is 17.9 Å². The van der Waals surface area contributed by atoms with Crippen molar-refractivity contribution in [1.29, 1.82) is 0 Å². The van der Waals surface area contributed by atoms with Crippen molar-refractivity contribution in [2.75, 3.05) is 6.61 Å². The highest BCUT2D eigenvalue weighted by atomic mass is 16.6. The van der Waals surface area contributed by atoms with Gasteiger partial charge in [0.15, 0.2) is 0 Å². The van der Waals surface area contributed by atoms with Crippen LogP contribution in [0.25, 0.3) is 0 Å². The molecule has 1 fully saturated rings. The second-order valence-electron chi connectivity index (χ2n) is 7.93. The largest absolute Gasteiger partial charge is 0.462 e. The van der Waals surface area contributed by atoms with Crippen molar-refractivity contribution in [2.24, 2.45) is 5.92 Å². The van der Waals surface area contributed by atoms with E-state index in [1.165, 1.54) is 6.92 Å². The van der Waals surface area contributed by atoms with E-state index in [1.807, 2.05) is 0 Å². The Labute approximate surface area is 174 Å². The van der Waals surface area contributed by atoms with Crippen molar-refractivity contribution in [2.45, 2.75) is 57.2 Å². The molecule has 0 radical (unpaired) electrons. The molecule has 3 aliphatic heterocycles. The quantitative estimate of drug-likeness (QED) is 0.312. The maximum Gasteiger partial charge on any atom is 0.334 e. The Morgan fingerprint density at radius 2 is 2.10 bits per heavy atom. The maximum absolute atomic E-state index is 12.4. The van der Waals surface area contributed by atoms with Gasteiger partial charge in [0.1, 0.15) is 18.8 Å². The molecule has 8 nitrogen and oxygen atoms in total. The minimum Gasteiger partial charge on any atom is -0.462 e. The van der Waals surface area contributed by atoms with Gasteiger partial charge < -0.3 is 24.1 Å². The lowest BCUT2D eigenvalue weighted by Crippen LogP contribution is -2.40. The summed E-state index contributed by atoms with van der Waals surface area (Å²) in [5.74, 6) is -3.71. The van der Waals surface area contributed by atoms with Crippen LogP contribution in [-0.2, 0) is 33.3 Å². The fourth-order valence-corrected chi connectivity index (χ4v) is 3.85. The first-order chi connectivity index (χ1) is 14.0. The van der Waals surface area contributed by atoms with Gasteiger partial charge in [0.05, 0.1) is 17.9 Å². The van der Waals surface area contributed by atoms with Crippen LogP contribution >= 0.6 is 0 Å². The Morgan fingerprint density at radius 1 is 1.37 bits per heavy atom. The van der Waals surface area contributed by atoms with Crippen molar-refractivity contribution in [3.63, 3.8) is 0 Å². The molecule has 0 aromatic heterocycles. The molecule has 3 aliphatic rings. The van der Waals surface area contributed by atoms with Gasteiger partial charge >= 0.3 is 17.9 Å². The predicted molar refractivity (Wildman–Crippen MR) is 105 cm³/mol. The number of esters is 3. The van der Waals surface area contributed by atoms with Crippen molar-refractivity contribution in [1.82, 2.24) is 0 Å². The number of carbonyl (C=O) groups is 3. The minimum absolute atomic E-state index is 0.0390. The topological polar surface area (TPSA) is 108 Å². The number of aliphatic hydroxyl groups is 1. The third kappa shape index (κ3) is 4.55. The van der Waals surface area contributed by atoms with Gasteiger partial charge in [-0.25, -0.2) is 4.79 Å². The van der Waals surface area contributed by atoms with Gasteiger partial charge in [-0.15, -0.1) is 0 Å². The van der Waals surface area contributed by atoms with E-state index in [4.69, 9.17) is 18.9 Å². The Balaban J connectivity index is 1.80. The fourth-order valence-electron chi connectivity index (χ4n) is 3.85. The molecule has 8 heteroatoms. The molecule has 162 valence electrons. The van der Waals surface area contributed by atoms with Gasteiger partial charge in [-0.2, -0.15) is 0 Å². The van der Waals surface area contributed by atoms with E-state index in [1.54, 1.807) is 44.2 Å². The summed E-state index contributed by atoms with van der Waals surface area (Å²) in [6.07, 6.45) is 6.64. The van der Waals surface area contributed by atoms with Crippen LogP contribution in [0, 0.1) is 5.92 Å². The Bertz CT molecular complexity index is 853. The Morgan fingerprint density at radius 3 is 2.80 bits per heavy atom. The summed E-state index contributed by atoms with van der Waals surface area (Å²) in [7, 11) is 0. The summed E-state index contributed by atoms with van der Waals surface area (Å²) < 4.78 is 21.8. The van der Waals surface area contributed by atoms with Crippen molar-refractivity contribution in [3.05, 3.63) is 48.1 Å². The first kappa shape index (κ1) is 22.0. The molecule has 3 heterocycles. The molecular weight excluding hydrogens is 392 g/mol. The molecule has 5 atom stereocenters. The van der Waals surface area contributed by atoms with Gasteiger partial charge in [0, 0.05) is 18.9 Å². The van der Waals surface area contributed by atoms with Gasteiger partial charge in [-0.05, 0) is 31.6 Å². The third-order valence-electron chi connectivity index (χ3n) is 5.42. The summed E-state index contributed by atoms with van der Waals surface area (Å²) >= 11 is 0. The van der Waals surface area contributed by atoms with E-state index >= 15 is 0 Å². The lowest BCUT2D eigenvalue weighted by molar-refractivity contribution is -0.189. The van der Waals surface area contributed by atoms with E-state index in [-0.39, 0.29) is 25.0 Å². The highest BCUT2D eigenvalue weighted by molar-refractivity contribution is 5.91. The van der Waals surface area contributed by atoms with E-state index in [0.717, 1.165) is 0 Å². The predicted octanol–water partition coefficient (Wildman–Crippen LogP) is 1.89. The molecule has 2 bridgehead atoms. The molecule has 0 spiro atoms. The van der Waals surface area contributed by atoms with E-state index in [0.29, 0.717) is 5.57 Å². The van der Waals surface area contributed by atoms with Gasteiger partial charge in [0.2, 0.25) is 5.79 Å². The summed E-state index contributed by atoms with van der Waals surface area (Å²) in [5, 5.41) is 10.8. The lowest BCUT2D eigenvalue weighted by Gasteiger charge is -2.33. The van der Waals surface area contributed by atoms with E-state index < -0.39 is 47.4 Å². The molecule has 1 saturated heterocycles. The molecule has 0 aromatic carbocycles. The van der Waals surface area contributed by atoms with Crippen LogP contribution in [0.5, 0.6) is 0 Å². The zero-order valence-electron chi connectivity index (χ0n) is 17.3. The lowest BCUT2D eigenvalue weighted by atomic mass is 9.83. The van der Waals surface area contributed by atoms with Crippen LogP contribution in [0.2, 0.25) is 0 Å². The highest BCUT2D eigenvalue weighted by Crippen LogP contribution is 2.44. The molecular formula is C22H26O8. The van der Waals surface area contributed by atoms with Crippen LogP contribution in [0.4, 0.5) is 0 Å². The molecule has 0 aromatic rings. The number of hydrogen-bond donors (Lipinski definition) is 1. The number of fused-ring (bicyclic) bond motifs is 3. The normalized spacial score (nSPS) is 35.2. The van der Waals surface area contributed by atoms with Crippen LogP contribution in [0.1, 0.15) is 33.6 Å². The zero-order valence-corrected chi connectivity index (χ0v) is 17.3. The summed E-state index contributed by atoms with van der Waals surface area (Å²) in [6, 6.07) is 0. The van der Waals surface area contributed by atoms with Gasteiger partial charge in [-0.1, -0.05) is 24.8 Å². The van der Waals surface area contributed by atoms with Crippen molar-refractivity contribution < 1.29 is 38.4 Å². The zero-order chi connectivity index (χ0) is 22.1.